The maximum Gasteiger partial charge on any atom is 0.407 e. The van der Waals surface area contributed by atoms with Crippen LogP contribution < -0.4 is 10.6 Å². The van der Waals surface area contributed by atoms with E-state index in [0.717, 1.165) is 38.5 Å². The van der Waals surface area contributed by atoms with Gasteiger partial charge in [0.15, 0.2) is 0 Å². The number of alkyl carbamates (subject to hydrolysis) is 2. The van der Waals surface area contributed by atoms with Crippen LogP contribution in [0.1, 0.15) is 91.9 Å². The quantitative estimate of drug-likeness (QED) is 0.0885. The molecule has 2 unspecified atom stereocenters. The fraction of sp³-hybridized carbons (Fsp3) is 0.857. The number of unbranched alkanes of at least 4 members (excludes halogenated alkanes) is 1. The van der Waals surface area contributed by atoms with Gasteiger partial charge in [-0.1, -0.05) is 40.5 Å². The molecule has 0 aromatic heterocycles. The molecule has 0 aliphatic carbocycles. The Hall–Kier alpha value is -2.60. The molecule has 0 bridgehead atoms. The van der Waals surface area contributed by atoms with Crippen molar-refractivity contribution in [2.24, 2.45) is 0 Å². The Balaban J connectivity index is 4.25. The Kier molecular flexibility index (Phi) is 23.7. The molecule has 0 aromatic carbocycles. The third kappa shape index (κ3) is 21.2. The second kappa shape index (κ2) is 25.4. The summed E-state index contributed by atoms with van der Waals surface area (Å²) in [6.45, 7) is 9.79. The maximum atomic E-state index is 12.2. The molecule has 2 atom stereocenters. The summed E-state index contributed by atoms with van der Waals surface area (Å²) < 4.78 is 21.0. The Bertz CT molecular complexity index is 642. The monoisotopic (exact) mass is 575 g/mol. The van der Waals surface area contributed by atoms with Crippen molar-refractivity contribution in [3.8, 4) is 0 Å². The second-order valence-corrected chi connectivity index (χ2v) is 9.52. The van der Waals surface area contributed by atoms with Crippen LogP contribution in [-0.4, -0.2) is 98.9 Å². The van der Waals surface area contributed by atoms with Gasteiger partial charge in [-0.25, -0.2) is 9.59 Å². The van der Waals surface area contributed by atoms with E-state index in [9.17, 15) is 19.2 Å². The van der Waals surface area contributed by atoms with E-state index in [0.29, 0.717) is 32.5 Å². The van der Waals surface area contributed by atoms with Crippen LogP contribution in [0.5, 0.6) is 0 Å². The molecule has 0 saturated carbocycles. The smallest absolute Gasteiger partial charge is 0.407 e. The van der Waals surface area contributed by atoms with Gasteiger partial charge in [0.25, 0.3) is 0 Å². The van der Waals surface area contributed by atoms with Crippen molar-refractivity contribution >= 4 is 24.1 Å². The number of hydrogen-bond donors (Lipinski definition) is 3. The lowest BCUT2D eigenvalue weighted by atomic mass is 10.2. The first kappa shape index (κ1) is 37.4. The number of nitrogens with one attached hydrogen (secondary N) is 2. The van der Waals surface area contributed by atoms with Crippen LogP contribution in [-0.2, 0) is 28.5 Å². The fourth-order valence-corrected chi connectivity index (χ4v) is 3.78. The van der Waals surface area contributed by atoms with Crippen LogP contribution in [0.25, 0.3) is 0 Å². The lowest BCUT2D eigenvalue weighted by Crippen LogP contribution is -2.33. The third-order valence-electron chi connectivity index (χ3n) is 6.10. The van der Waals surface area contributed by atoms with Gasteiger partial charge in [0.05, 0.1) is 25.9 Å². The molecule has 3 N–H and O–H groups in total. The summed E-state index contributed by atoms with van der Waals surface area (Å²) in [7, 11) is 0. The van der Waals surface area contributed by atoms with Gasteiger partial charge in [-0.3, -0.25) is 9.59 Å². The molecule has 0 radical (unpaired) electrons. The summed E-state index contributed by atoms with van der Waals surface area (Å²) in [5.41, 5.74) is 0. The first-order chi connectivity index (χ1) is 19.3. The van der Waals surface area contributed by atoms with Gasteiger partial charge in [0, 0.05) is 19.7 Å². The van der Waals surface area contributed by atoms with Crippen LogP contribution in [0.3, 0.4) is 0 Å². The fourth-order valence-electron chi connectivity index (χ4n) is 3.78. The predicted octanol–water partition coefficient (Wildman–Crippen LogP) is 3.54. The van der Waals surface area contributed by atoms with E-state index in [4.69, 9.17) is 24.1 Å². The normalized spacial score (nSPS) is 12.3. The Labute approximate surface area is 239 Å². The van der Waals surface area contributed by atoms with Gasteiger partial charge in [-0.15, -0.1) is 0 Å². The Morgan fingerprint density at radius 3 is 1.52 bits per heavy atom. The zero-order valence-corrected chi connectivity index (χ0v) is 25.0. The van der Waals surface area contributed by atoms with Crippen LogP contribution in [0.2, 0.25) is 0 Å². The molecule has 0 saturated heterocycles. The van der Waals surface area contributed by atoms with Crippen molar-refractivity contribution < 1.29 is 43.2 Å². The van der Waals surface area contributed by atoms with E-state index in [1.54, 1.807) is 0 Å². The number of nitrogens with zero attached hydrogens (tertiary/aromatic N) is 1. The summed E-state index contributed by atoms with van der Waals surface area (Å²) in [5.74, 6) is -0.825. The maximum absolute atomic E-state index is 12.2. The molecule has 0 aliphatic rings. The number of hydrogen-bond acceptors (Lipinski definition) is 10. The molecule has 0 aliphatic heterocycles. The van der Waals surface area contributed by atoms with Crippen molar-refractivity contribution in [2.75, 3.05) is 52.5 Å². The summed E-state index contributed by atoms with van der Waals surface area (Å²) in [6, 6.07) is 0. The standard InChI is InChI=1S/C28H53N3O9/c1-5-11-23(7-3)39-27(35)29-15-21-37-25(33)13-18-31(17-9-10-20-32)19-14-26(34)38-22-16-30-28(36)40-24(8-4)12-6-2/h23-24,32H,5-22H2,1-4H3,(H,29,35)(H,30,36). The highest BCUT2D eigenvalue weighted by Gasteiger charge is 2.15. The number of aliphatic hydroxyl groups excluding tert-OH is 1. The van der Waals surface area contributed by atoms with Gasteiger partial charge < -0.3 is 39.6 Å². The molecule has 234 valence electrons. The van der Waals surface area contributed by atoms with E-state index in [2.05, 4.69) is 10.6 Å². The first-order valence-corrected chi connectivity index (χ1v) is 14.8. The summed E-state index contributed by atoms with van der Waals surface area (Å²) in [4.78, 5) is 49.9. The highest BCUT2D eigenvalue weighted by Crippen LogP contribution is 2.07. The van der Waals surface area contributed by atoms with E-state index in [1.807, 2.05) is 32.6 Å². The van der Waals surface area contributed by atoms with Crippen molar-refractivity contribution in [3.63, 3.8) is 0 Å². The highest BCUT2D eigenvalue weighted by atomic mass is 16.6. The molecule has 0 aromatic rings. The largest absolute Gasteiger partial charge is 0.464 e. The summed E-state index contributed by atoms with van der Waals surface area (Å²) >= 11 is 0. The number of carbonyl (C=O) groups excluding carboxylic acids is 4. The van der Waals surface area contributed by atoms with Crippen LogP contribution in [0.15, 0.2) is 0 Å². The lowest BCUT2D eigenvalue weighted by molar-refractivity contribution is -0.144. The predicted molar refractivity (Wildman–Crippen MR) is 151 cm³/mol. The number of aliphatic hydroxyl groups is 1. The van der Waals surface area contributed by atoms with Gasteiger partial charge in [-0.2, -0.15) is 0 Å². The number of esters is 2. The molecule has 0 heterocycles. The molecule has 40 heavy (non-hydrogen) atoms. The number of rotatable bonds is 24. The van der Waals surface area contributed by atoms with E-state index in [1.165, 1.54) is 0 Å². The minimum atomic E-state index is -0.522. The molecular formula is C28H53N3O9. The number of ether oxygens (including phenoxy) is 4. The average molecular weight is 576 g/mol. The SMILES string of the molecule is CCCC(CC)OC(=O)NCCOC(=O)CCN(CCCCO)CCC(=O)OCCNC(=O)OC(CC)CCC. The molecule has 0 rings (SSSR count). The number of amides is 2. The minimum absolute atomic E-state index is 0.0363. The molecule has 2 amide bonds. The van der Waals surface area contributed by atoms with Crippen molar-refractivity contribution in [1.29, 1.82) is 0 Å². The van der Waals surface area contributed by atoms with Crippen LogP contribution in [0.4, 0.5) is 9.59 Å². The van der Waals surface area contributed by atoms with Crippen molar-refractivity contribution in [2.45, 2.75) is 104 Å². The van der Waals surface area contributed by atoms with Gasteiger partial charge >= 0.3 is 24.1 Å². The molecular weight excluding hydrogens is 522 g/mol. The Morgan fingerprint density at radius 2 is 1.15 bits per heavy atom. The lowest BCUT2D eigenvalue weighted by Gasteiger charge is -2.21. The van der Waals surface area contributed by atoms with E-state index < -0.39 is 24.1 Å². The highest BCUT2D eigenvalue weighted by molar-refractivity contribution is 5.70. The average Bonchev–Trinajstić information content (AvgIpc) is 2.94. The summed E-state index contributed by atoms with van der Waals surface area (Å²) in [6.07, 6.45) is 5.24. The van der Waals surface area contributed by atoms with Gasteiger partial charge in [0.1, 0.15) is 25.4 Å². The van der Waals surface area contributed by atoms with Crippen LogP contribution >= 0.6 is 0 Å². The molecule has 0 spiro atoms. The first-order valence-electron chi connectivity index (χ1n) is 14.8. The van der Waals surface area contributed by atoms with E-state index in [-0.39, 0.29) is 58.0 Å². The van der Waals surface area contributed by atoms with E-state index >= 15 is 0 Å². The van der Waals surface area contributed by atoms with Crippen molar-refractivity contribution in [3.05, 3.63) is 0 Å². The van der Waals surface area contributed by atoms with Crippen LogP contribution in [0, 0.1) is 0 Å². The summed E-state index contributed by atoms with van der Waals surface area (Å²) in [5, 5.41) is 14.2. The Morgan fingerprint density at radius 1 is 0.700 bits per heavy atom. The third-order valence-corrected chi connectivity index (χ3v) is 6.10. The van der Waals surface area contributed by atoms with Gasteiger partial charge in [-0.05, 0) is 45.1 Å². The van der Waals surface area contributed by atoms with Crippen molar-refractivity contribution in [1.82, 2.24) is 15.5 Å². The molecule has 12 heteroatoms. The second-order valence-electron chi connectivity index (χ2n) is 9.52. The van der Waals surface area contributed by atoms with Gasteiger partial charge in [0.2, 0.25) is 0 Å². The molecule has 12 nitrogen and oxygen atoms in total. The minimum Gasteiger partial charge on any atom is -0.464 e. The zero-order valence-electron chi connectivity index (χ0n) is 25.0. The topological polar surface area (TPSA) is 153 Å². The number of carbonyl (C=O) groups is 4. The molecule has 0 fully saturated rings. The zero-order chi connectivity index (χ0) is 30.0.